The van der Waals surface area contributed by atoms with Gasteiger partial charge in [-0.3, -0.25) is 57.7 Å². The van der Waals surface area contributed by atoms with Crippen LogP contribution in [-0.2, 0) is 57.5 Å². The lowest BCUT2D eigenvalue weighted by atomic mass is 10.0. The number of nitrogens with one attached hydrogen (secondary N) is 9. The maximum atomic E-state index is 13.6. The molecule has 0 aliphatic rings. The van der Waals surface area contributed by atoms with Gasteiger partial charge in [0.25, 0.3) is 0 Å². The van der Waals surface area contributed by atoms with E-state index < -0.39 is 152 Å². The summed E-state index contributed by atoms with van der Waals surface area (Å²) in [5.41, 5.74) is 22.2. The summed E-state index contributed by atoms with van der Waals surface area (Å²) in [6.45, 7) is 7.02. The Morgan fingerprint density at radius 1 is 0.520 bits per heavy atom. The van der Waals surface area contributed by atoms with Gasteiger partial charge in [0, 0.05) is 13.0 Å². The molecule has 20 N–H and O–H groups in total. The number of carboxylic acids is 3. The van der Waals surface area contributed by atoms with Crippen molar-refractivity contribution in [2.45, 2.75) is 154 Å². The molecule has 75 heavy (non-hydrogen) atoms. The summed E-state index contributed by atoms with van der Waals surface area (Å²) < 4.78 is 0. The van der Waals surface area contributed by atoms with Crippen molar-refractivity contribution in [1.29, 1.82) is 0 Å². The molecule has 0 aromatic carbocycles. The maximum Gasteiger partial charge on any atom is 0.326 e. The van der Waals surface area contributed by atoms with Crippen LogP contribution in [0.15, 0.2) is 4.99 Å². The summed E-state index contributed by atoms with van der Waals surface area (Å²) in [4.78, 5) is 158. The molecule has 0 unspecified atom stereocenters. The second kappa shape index (κ2) is 37.0. The molecule has 426 valence electrons. The second-order valence-corrected chi connectivity index (χ2v) is 19.4. The standard InChI is InChI=1S/C45H80N14O15S/c1-23(2)18-30(43(72)53-25(5)37(66)56-28(10-7-8-15-46)41(70)57-29(12-13-35(62)63)42(71)59-32(44(73)74)19-24(3)4)55-34(61)22-52-39(68)31(20-36(64)65)58-40(69)27(11-9-16-50-45(48)49)54-33(60)21-51-38(67)26(47)14-17-75-6/h23-32H,7-22,46-47H2,1-6H3,(H,51,67)(H,52,68)(H,53,72)(H,54,60)(H,55,61)(H,56,66)(H,57,70)(H,58,69)(H,59,71)(H,62,63)(H,64,65)(H,73,74)(H4,48,49,50)/t25-,26-,27-,28-,29-,30-,31-,32-/m0/s1. The molecular formula is C45H80N14O15S. The number of nitrogens with two attached hydrogens (primary N) is 4. The topological polar surface area (TPSA) is 490 Å². The van der Waals surface area contributed by atoms with Gasteiger partial charge in [-0.05, 0) is 95.1 Å². The monoisotopic (exact) mass is 1090 g/mol. The maximum absolute atomic E-state index is 13.6. The summed E-state index contributed by atoms with van der Waals surface area (Å²) in [6, 6.07) is -11.0. The van der Waals surface area contributed by atoms with E-state index in [2.05, 4.69) is 52.8 Å². The van der Waals surface area contributed by atoms with Crippen LogP contribution in [0.3, 0.4) is 0 Å². The molecule has 0 bridgehead atoms. The highest BCUT2D eigenvalue weighted by atomic mass is 32.2. The number of unbranched alkanes of at least 4 members (excludes halogenated alkanes) is 1. The number of carbonyl (C=O) groups excluding carboxylic acids is 9. The second-order valence-electron chi connectivity index (χ2n) is 18.4. The predicted octanol–water partition coefficient (Wildman–Crippen LogP) is -4.59. The molecule has 0 aliphatic carbocycles. The van der Waals surface area contributed by atoms with Crippen molar-refractivity contribution in [3.8, 4) is 0 Å². The molecule has 0 radical (unpaired) electrons. The largest absolute Gasteiger partial charge is 0.481 e. The van der Waals surface area contributed by atoms with Crippen LogP contribution in [0.4, 0.5) is 0 Å². The molecule has 0 saturated heterocycles. The molecule has 8 atom stereocenters. The third kappa shape index (κ3) is 30.9. The van der Waals surface area contributed by atoms with Gasteiger partial charge in [0.05, 0.1) is 25.6 Å². The average molecular weight is 1090 g/mol. The van der Waals surface area contributed by atoms with Crippen molar-refractivity contribution >= 4 is 88.8 Å². The van der Waals surface area contributed by atoms with E-state index in [1.54, 1.807) is 27.7 Å². The van der Waals surface area contributed by atoms with Gasteiger partial charge in [0.15, 0.2) is 5.96 Å². The number of rotatable bonds is 39. The summed E-state index contributed by atoms with van der Waals surface area (Å²) in [6.07, 6.45) is 0.939. The fraction of sp³-hybridized carbons (Fsp3) is 0.711. The van der Waals surface area contributed by atoms with Crippen molar-refractivity contribution in [3.05, 3.63) is 0 Å². The van der Waals surface area contributed by atoms with Crippen molar-refractivity contribution in [2.75, 3.05) is 38.2 Å². The lowest BCUT2D eigenvalue weighted by Gasteiger charge is -2.26. The van der Waals surface area contributed by atoms with Gasteiger partial charge in [0.1, 0.15) is 42.3 Å². The van der Waals surface area contributed by atoms with Crippen molar-refractivity contribution in [1.82, 2.24) is 47.9 Å². The Morgan fingerprint density at radius 2 is 0.987 bits per heavy atom. The van der Waals surface area contributed by atoms with Crippen LogP contribution in [0.25, 0.3) is 0 Å². The Labute approximate surface area is 439 Å². The minimum Gasteiger partial charge on any atom is -0.481 e. The molecule has 0 fully saturated rings. The van der Waals surface area contributed by atoms with Crippen LogP contribution in [-0.4, -0.2) is 179 Å². The normalized spacial score (nSPS) is 14.2. The molecule has 0 aromatic rings. The summed E-state index contributed by atoms with van der Waals surface area (Å²) in [5.74, 6) is -12.4. The summed E-state index contributed by atoms with van der Waals surface area (Å²) in [7, 11) is 0. The highest BCUT2D eigenvalue weighted by Gasteiger charge is 2.33. The van der Waals surface area contributed by atoms with E-state index in [0.717, 1.165) is 0 Å². The van der Waals surface area contributed by atoms with Crippen LogP contribution in [0.5, 0.6) is 0 Å². The lowest BCUT2D eigenvalue weighted by molar-refractivity contribution is -0.143. The Balaban J connectivity index is 6.09. The van der Waals surface area contributed by atoms with Gasteiger partial charge in [-0.15, -0.1) is 0 Å². The Hall–Kier alpha value is -6.82. The Bertz CT molecular complexity index is 1970. The molecule has 29 nitrogen and oxygen atoms in total. The number of amides is 9. The average Bonchev–Trinajstić information content (AvgIpc) is 3.31. The van der Waals surface area contributed by atoms with E-state index in [1.807, 2.05) is 6.26 Å². The van der Waals surface area contributed by atoms with Crippen molar-refractivity contribution in [2.24, 2.45) is 39.8 Å². The smallest absolute Gasteiger partial charge is 0.326 e. The van der Waals surface area contributed by atoms with Gasteiger partial charge >= 0.3 is 17.9 Å². The van der Waals surface area contributed by atoms with Gasteiger partial charge in [0.2, 0.25) is 53.2 Å². The first-order valence-corrected chi connectivity index (χ1v) is 25.8. The van der Waals surface area contributed by atoms with Gasteiger partial charge in [-0.25, -0.2) is 4.79 Å². The van der Waals surface area contributed by atoms with Crippen molar-refractivity contribution in [3.63, 3.8) is 0 Å². The molecule has 0 spiro atoms. The third-order valence-corrected chi connectivity index (χ3v) is 11.4. The fourth-order valence-corrected chi connectivity index (χ4v) is 7.29. The zero-order valence-corrected chi connectivity index (χ0v) is 44.3. The number of hydrogen-bond acceptors (Lipinski definition) is 16. The van der Waals surface area contributed by atoms with E-state index in [0.29, 0.717) is 25.0 Å². The quantitative estimate of drug-likeness (QED) is 0.0156. The van der Waals surface area contributed by atoms with Crippen LogP contribution in [0.2, 0.25) is 0 Å². The summed E-state index contributed by atoms with van der Waals surface area (Å²) >= 11 is 1.47. The number of guanidine groups is 1. The van der Waals surface area contributed by atoms with Crippen LogP contribution in [0, 0.1) is 11.8 Å². The first-order chi connectivity index (χ1) is 35.1. The van der Waals surface area contributed by atoms with E-state index in [9.17, 15) is 72.9 Å². The molecule has 30 heteroatoms. The molecular weight excluding hydrogens is 1010 g/mol. The molecule has 0 aliphatic heterocycles. The third-order valence-electron chi connectivity index (χ3n) is 10.7. The SMILES string of the molecule is CSCC[C@H](N)C(=O)NCC(=O)N[C@@H](CCCN=C(N)N)C(=O)N[C@@H](CC(=O)O)C(=O)NCC(=O)N[C@@H](CC(C)C)C(=O)N[C@@H](C)C(=O)N[C@@H](CCCCN)C(=O)N[C@@H](CCC(=O)O)C(=O)N[C@@H](CC(C)C)C(=O)O. The van der Waals surface area contributed by atoms with Gasteiger partial charge in [-0.2, -0.15) is 11.8 Å². The molecule has 9 amide bonds. The summed E-state index contributed by atoms with van der Waals surface area (Å²) in [5, 5.41) is 50.0. The van der Waals surface area contributed by atoms with Gasteiger partial charge in [-0.1, -0.05) is 27.7 Å². The number of carboxylic acid groups (broad SMARTS) is 3. The van der Waals surface area contributed by atoms with E-state index >= 15 is 0 Å². The molecule has 0 heterocycles. The number of carbonyl (C=O) groups is 12. The van der Waals surface area contributed by atoms with Crippen LogP contribution >= 0.6 is 11.8 Å². The molecule has 0 saturated carbocycles. The minimum absolute atomic E-state index is 0.00612. The van der Waals surface area contributed by atoms with E-state index in [4.69, 9.17) is 22.9 Å². The number of aliphatic carboxylic acids is 3. The number of aliphatic imine (C=N–C) groups is 1. The molecule has 0 rings (SSSR count). The lowest BCUT2D eigenvalue weighted by Crippen LogP contribution is -2.59. The zero-order chi connectivity index (χ0) is 57.4. The Kier molecular flexibility index (Phi) is 33.6. The van der Waals surface area contributed by atoms with E-state index in [-0.39, 0.29) is 63.0 Å². The molecule has 0 aromatic heterocycles. The first kappa shape index (κ1) is 68.2. The highest BCUT2D eigenvalue weighted by Crippen LogP contribution is 2.10. The van der Waals surface area contributed by atoms with E-state index in [1.165, 1.54) is 18.7 Å². The highest BCUT2D eigenvalue weighted by molar-refractivity contribution is 7.98. The number of hydrogen-bond donors (Lipinski definition) is 16. The zero-order valence-electron chi connectivity index (χ0n) is 43.5. The fourth-order valence-electron chi connectivity index (χ4n) is 6.80. The minimum atomic E-state index is -1.80. The number of thioether (sulfide) groups is 1. The Morgan fingerprint density at radius 3 is 1.49 bits per heavy atom. The first-order valence-electron chi connectivity index (χ1n) is 24.4. The van der Waals surface area contributed by atoms with Crippen molar-refractivity contribution < 1.29 is 72.9 Å². The predicted molar refractivity (Wildman–Crippen MR) is 275 cm³/mol. The van der Waals surface area contributed by atoms with Crippen LogP contribution < -0.4 is 70.8 Å². The number of nitrogens with zero attached hydrogens (tertiary/aromatic N) is 1. The van der Waals surface area contributed by atoms with Crippen LogP contribution in [0.1, 0.15) is 105 Å². The van der Waals surface area contributed by atoms with Gasteiger partial charge < -0.3 is 86.1 Å².